The second kappa shape index (κ2) is 11.3. The number of nitrogens with zero attached hydrogens (tertiary/aromatic N) is 3. The number of likely N-dealkylation sites (tertiary alicyclic amines) is 2. The van der Waals surface area contributed by atoms with E-state index in [1.165, 1.54) is 21.8 Å². The summed E-state index contributed by atoms with van der Waals surface area (Å²) in [4.78, 5) is 28.2. The van der Waals surface area contributed by atoms with Gasteiger partial charge in [-0.1, -0.05) is 27.5 Å². The van der Waals surface area contributed by atoms with Gasteiger partial charge in [-0.2, -0.15) is 0 Å². The number of hydrogen-bond donors (Lipinski definition) is 2. The van der Waals surface area contributed by atoms with Crippen LogP contribution in [0.1, 0.15) is 55.6 Å². The molecular weight excluding hydrogens is 624 g/mol. The van der Waals surface area contributed by atoms with E-state index in [0.29, 0.717) is 36.4 Å². The maximum atomic E-state index is 13.2. The monoisotopic (exact) mass is 654 g/mol. The highest BCUT2D eigenvalue weighted by Crippen LogP contribution is 2.48. The lowest BCUT2D eigenvalue weighted by Gasteiger charge is -2.43. The quantitative estimate of drug-likeness (QED) is 0.431. The predicted octanol–water partition coefficient (Wildman–Crippen LogP) is 5.79. The lowest BCUT2D eigenvalue weighted by Crippen LogP contribution is -2.46. The molecule has 2 fully saturated rings. The van der Waals surface area contributed by atoms with Gasteiger partial charge in [0.15, 0.2) is 0 Å². The molecule has 200 valence electrons. The van der Waals surface area contributed by atoms with Crippen LogP contribution in [-0.2, 0) is 11.2 Å². The molecule has 0 aromatic heterocycles. The Morgan fingerprint density at radius 3 is 2.38 bits per heavy atom. The predicted molar refractivity (Wildman–Crippen MR) is 151 cm³/mol. The number of hydroxylamine groups is 2. The van der Waals surface area contributed by atoms with Crippen molar-refractivity contribution in [2.75, 3.05) is 26.2 Å². The van der Waals surface area contributed by atoms with Crippen LogP contribution in [0, 0.1) is 11.8 Å². The second-order valence-electron chi connectivity index (χ2n) is 10.7. The van der Waals surface area contributed by atoms with Crippen LogP contribution in [0.3, 0.4) is 0 Å². The largest absolute Gasteiger partial charge is 0.351 e. The van der Waals surface area contributed by atoms with Crippen molar-refractivity contribution in [2.45, 2.75) is 56.9 Å². The number of rotatable bonds is 3. The minimum absolute atomic E-state index is 0.0765. The number of amides is 3. The van der Waals surface area contributed by atoms with Crippen molar-refractivity contribution >= 4 is 55.4 Å². The van der Waals surface area contributed by atoms with Crippen LogP contribution in [0.15, 0.2) is 38.9 Å². The molecule has 3 amide bonds. The third-order valence-electron chi connectivity index (χ3n) is 8.57. The van der Waals surface area contributed by atoms with Crippen LogP contribution in [-0.4, -0.2) is 64.2 Å². The summed E-state index contributed by atoms with van der Waals surface area (Å²) >= 11 is 13.8. The number of aryl methyl sites for hydroxylation is 1. The second-order valence-corrected chi connectivity index (χ2v) is 12.9. The normalized spacial score (nSPS) is 25.1. The number of halogens is 3. The summed E-state index contributed by atoms with van der Waals surface area (Å²) in [6.45, 7) is 2.71. The molecule has 7 nitrogen and oxygen atoms in total. The summed E-state index contributed by atoms with van der Waals surface area (Å²) < 4.78 is 1.86. The lowest BCUT2D eigenvalue weighted by molar-refractivity contribution is -0.134. The first-order valence-corrected chi connectivity index (χ1v) is 15.0. The summed E-state index contributed by atoms with van der Waals surface area (Å²) in [6, 6.07) is 3.50. The molecule has 0 bridgehead atoms. The van der Waals surface area contributed by atoms with E-state index in [-0.39, 0.29) is 23.9 Å². The molecule has 2 atom stereocenters. The third kappa shape index (κ3) is 5.75. The zero-order valence-corrected chi connectivity index (χ0v) is 24.6. The Morgan fingerprint density at radius 2 is 1.70 bits per heavy atom. The van der Waals surface area contributed by atoms with E-state index in [0.717, 1.165) is 60.6 Å². The van der Waals surface area contributed by atoms with E-state index in [1.54, 1.807) is 11.1 Å². The average molecular weight is 657 g/mol. The highest BCUT2D eigenvalue weighted by molar-refractivity contribution is 9.12. The first-order chi connectivity index (χ1) is 17.7. The van der Waals surface area contributed by atoms with Crippen molar-refractivity contribution in [3.63, 3.8) is 0 Å². The van der Waals surface area contributed by atoms with Gasteiger partial charge in [0, 0.05) is 58.7 Å². The van der Waals surface area contributed by atoms with E-state index in [2.05, 4.69) is 44.0 Å². The van der Waals surface area contributed by atoms with Crippen molar-refractivity contribution < 1.29 is 14.8 Å². The van der Waals surface area contributed by atoms with Gasteiger partial charge in [-0.25, -0.2) is 4.79 Å². The maximum Gasteiger partial charge on any atom is 0.314 e. The molecule has 4 aliphatic rings. The van der Waals surface area contributed by atoms with E-state index in [4.69, 9.17) is 17.3 Å². The highest BCUT2D eigenvalue weighted by Gasteiger charge is 2.42. The van der Waals surface area contributed by atoms with Crippen LogP contribution in [0.4, 0.5) is 4.79 Å². The number of urea groups is 1. The van der Waals surface area contributed by atoms with Gasteiger partial charge < -0.3 is 15.5 Å². The Labute approximate surface area is 239 Å². The fourth-order valence-corrected chi connectivity index (χ4v) is 8.32. The molecule has 1 aromatic carbocycles. The van der Waals surface area contributed by atoms with Gasteiger partial charge in [0.25, 0.3) is 0 Å². The molecule has 0 spiro atoms. The van der Waals surface area contributed by atoms with Gasteiger partial charge in [-0.05, 0) is 101 Å². The zero-order chi connectivity index (χ0) is 26.3. The molecule has 1 aliphatic carbocycles. The molecule has 0 saturated carbocycles. The van der Waals surface area contributed by atoms with Crippen molar-refractivity contribution in [1.29, 1.82) is 0 Å². The Kier molecular flexibility index (Phi) is 8.24. The standard InChI is InChI=1S/C27H33Br2ClN4O3/c28-20-12-19-2-1-18-13-21(30)14-22(29)24(18)25(26(19)34(37)15-20)17-5-9-32(10-6-17)23(35)11-16-3-7-33(8-4-16)27(31)36/h12-17,25-26,37H,1-11H2,(H2,31,36). The van der Waals surface area contributed by atoms with Gasteiger partial charge in [-0.3, -0.25) is 15.1 Å². The summed E-state index contributed by atoms with van der Waals surface area (Å²) in [5.41, 5.74) is 9.06. The first-order valence-electron chi connectivity index (χ1n) is 13.1. The minimum atomic E-state index is -0.374. The third-order valence-corrected chi connectivity index (χ3v) is 9.88. The maximum absolute atomic E-state index is 13.2. The van der Waals surface area contributed by atoms with Crippen LogP contribution in [0.2, 0.25) is 5.02 Å². The molecule has 2 saturated heterocycles. The molecule has 3 N–H and O–H groups in total. The Bertz CT molecular complexity index is 1130. The molecule has 37 heavy (non-hydrogen) atoms. The summed E-state index contributed by atoms with van der Waals surface area (Å²) in [7, 11) is 0. The van der Waals surface area contributed by atoms with Crippen LogP contribution in [0.25, 0.3) is 0 Å². The molecule has 5 rings (SSSR count). The fourth-order valence-electron chi connectivity index (χ4n) is 6.68. The van der Waals surface area contributed by atoms with Crippen LogP contribution < -0.4 is 5.73 Å². The van der Waals surface area contributed by atoms with E-state index in [9.17, 15) is 14.8 Å². The Hall–Kier alpha value is -1.55. The van der Waals surface area contributed by atoms with Gasteiger partial charge in [0.1, 0.15) is 0 Å². The van der Waals surface area contributed by atoms with E-state index < -0.39 is 0 Å². The molecule has 3 heterocycles. The first kappa shape index (κ1) is 27.0. The molecule has 10 heteroatoms. The highest BCUT2D eigenvalue weighted by atomic mass is 79.9. The molecular formula is C27H33Br2ClN4O3. The number of hydrogen-bond acceptors (Lipinski definition) is 4. The molecule has 1 aromatic rings. The summed E-state index contributed by atoms with van der Waals surface area (Å²) in [5.74, 6) is 0.899. The van der Waals surface area contributed by atoms with Crippen molar-refractivity contribution in [3.05, 3.63) is 55.1 Å². The molecule has 2 unspecified atom stereocenters. The molecule has 3 aliphatic heterocycles. The zero-order valence-electron chi connectivity index (χ0n) is 20.7. The minimum Gasteiger partial charge on any atom is -0.351 e. The van der Waals surface area contributed by atoms with Gasteiger partial charge in [-0.15, -0.1) is 0 Å². The summed E-state index contributed by atoms with van der Waals surface area (Å²) in [6.07, 6.45) is 9.57. The Morgan fingerprint density at radius 1 is 1.03 bits per heavy atom. The number of primary amides is 1. The van der Waals surface area contributed by atoms with Gasteiger partial charge in [0.05, 0.1) is 6.04 Å². The van der Waals surface area contributed by atoms with Crippen molar-refractivity contribution in [3.8, 4) is 0 Å². The number of benzene rings is 1. The number of piperidine rings is 2. The van der Waals surface area contributed by atoms with Gasteiger partial charge >= 0.3 is 6.03 Å². The van der Waals surface area contributed by atoms with Crippen LogP contribution >= 0.6 is 43.5 Å². The number of carbonyl (C=O) groups excluding carboxylic acids is 2. The SMILES string of the molecule is NC(=O)N1CCC(CC(=O)N2CCC(C3c4c(Br)cc(Cl)cc4CCC4=CC(Br)=CN(O)C43)CC2)CC1. The number of nitrogens with two attached hydrogens (primary N) is 1. The smallest absolute Gasteiger partial charge is 0.314 e. The van der Waals surface area contributed by atoms with E-state index in [1.807, 2.05) is 11.0 Å². The lowest BCUT2D eigenvalue weighted by atomic mass is 9.73. The van der Waals surface area contributed by atoms with Crippen molar-refractivity contribution in [2.24, 2.45) is 17.6 Å². The fraction of sp³-hybridized carbons (Fsp3) is 0.556. The average Bonchev–Trinajstić information content (AvgIpc) is 3.02. The number of fused-ring (bicyclic) bond motifs is 2. The Balaban J connectivity index is 1.31. The summed E-state index contributed by atoms with van der Waals surface area (Å²) in [5, 5.41) is 13.2. The van der Waals surface area contributed by atoms with Gasteiger partial charge in [0.2, 0.25) is 5.91 Å². The number of carbonyl (C=O) groups is 2. The van der Waals surface area contributed by atoms with Crippen LogP contribution in [0.5, 0.6) is 0 Å². The molecule has 0 radical (unpaired) electrons. The van der Waals surface area contributed by atoms with E-state index >= 15 is 0 Å². The number of allylic oxidation sites excluding steroid dienone is 2. The van der Waals surface area contributed by atoms with Crippen molar-refractivity contribution in [1.82, 2.24) is 14.9 Å². The topological polar surface area (TPSA) is 90.1 Å².